The van der Waals surface area contributed by atoms with Gasteiger partial charge in [0, 0.05) is 45.3 Å². The minimum atomic E-state index is 0.515. The van der Waals surface area contributed by atoms with E-state index in [2.05, 4.69) is 72.5 Å². The molecule has 0 radical (unpaired) electrons. The van der Waals surface area contributed by atoms with Gasteiger partial charge in [-0.3, -0.25) is 4.90 Å². The SMILES string of the molecule is CCNC(=NCc1cccc(C)c1)NCC(C)N1CCN(C)CC1. The van der Waals surface area contributed by atoms with E-state index in [1.54, 1.807) is 0 Å². The highest BCUT2D eigenvalue weighted by atomic mass is 15.3. The Labute approximate surface area is 147 Å². The van der Waals surface area contributed by atoms with Crippen LogP contribution in [0.15, 0.2) is 29.3 Å². The lowest BCUT2D eigenvalue weighted by Gasteiger charge is -2.36. The zero-order valence-electron chi connectivity index (χ0n) is 15.7. The average molecular weight is 332 g/mol. The molecule has 5 nitrogen and oxygen atoms in total. The van der Waals surface area contributed by atoms with Crippen LogP contribution in [0.4, 0.5) is 0 Å². The number of hydrogen-bond acceptors (Lipinski definition) is 3. The maximum atomic E-state index is 4.72. The number of aryl methyl sites for hydroxylation is 1. The van der Waals surface area contributed by atoms with E-state index in [0.29, 0.717) is 12.6 Å². The van der Waals surface area contributed by atoms with Crippen molar-refractivity contribution in [1.82, 2.24) is 20.4 Å². The van der Waals surface area contributed by atoms with Gasteiger partial charge in [0.05, 0.1) is 6.54 Å². The van der Waals surface area contributed by atoms with Crippen molar-refractivity contribution in [3.05, 3.63) is 35.4 Å². The maximum absolute atomic E-state index is 4.72. The second-order valence-electron chi connectivity index (χ2n) is 6.75. The fraction of sp³-hybridized carbons (Fsp3) is 0.632. The first-order valence-electron chi connectivity index (χ1n) is 9.08. The number of piperazine rings is 1. The molecule has 1 aromatic rings. The van der Waals surface area contributed by atoms with Crippen LogP contribution in [0.3, 0.4) is 0 Å². The number of rotatable bonds is 6. The highest BCUT2D eigenvalue weighted by Gasteiger charge is 2.18. The summed E-state index contributed by atoms with van der Waals surface area (Å²) < 4.78 is 0. The summed E-state index contributed by atoms with van der Waals surface area (Å²) in [6, 6.07) is 9.05. The first-order chi connectivity index (χ1) is 11.6. The predicted molar refractivity (Wildman–Crippen MR) is 103 cm³/mol. The van der Waals surface area contributed by atoms with Gasteiger partial charge in [-0.2, -0.15) is 0 Å². The molecule has 1 aliphatic rings. The van der Waals surface area contributed by atoms with Crippen LogP contribution in [0, 0.1) is 6.92 Å². The van der Waals surface area contributed by atoms with Crippen LogP contribution in [-0.2, 0) is 6.54 Å². The Kier molecular flexibility index (Phi) is 7.53. The second-order valence-corrected chi connectivity index (χ2v) is 6.75. The molecule has 2 N–H and O–H groups in total. The van der Waals surface area contributed by atoms with E-state index in [0.717, 1.165) is 45.2 Å². The zero-order chi connectivity index (χ0) is 17.4. The fourth-order valence-electron chi connectivity index (χ4n) is 2.96. The van der Waals surface area contributed by atoms with Gasteiger partial charge < -0.3 is 15.5 Å². The zero-order valence-corrected chi connectivity index (χ0v) is 15.7. The van der Waals surface area contributed by atoms with Crippen molar-refractivity contribution in [2.75, 3.05) is 46.3 Å². The molecular weight excluding hydrogens is 298 g/mol. The third-order valence-corrected chi connectivity index (χ3v) is 4.57. The summed E-state index contributed by atoms with van der Waals surface area (Å²) in [6.45, 7) is 13.6. The summed E-state index contributed by atoms with van der Waals surface area (Å²) in [7, 11) is 2.20. The summed E-state index contributed by atoms with van der Waals surface area (Å²) in [6.07, 6.45) is 0. The van der Waals surface area contributed by atoms with Gasteiger partial charge in [0.2, 0.25) is 0 Å². The molecule has 1 aliphatic heterocycles. The van der Waals surface area contributed by atoms with Crippen LogP contribution in [0.25, 0.3) is 0 Å². The Morgan fingerprint density at radius 3 is 2.62 bits per heavy atom. The van der Waals surface area contributed by atoms with E-state index < -0.39 is 0 Å². The minimum absolute atomic E-state index is 0.515. The smallest absolute Gasteiger partial charge is 0.191 e. The van der Waals surface area contributed by atoms with Gasteiger partial charge >= 0.3 is 0 Å². The molecule has 1 unspecified atom stereocenters. The van der Waals surface area contributed by atoms with E-state index >= 15 is 0 Å². The highest BCUT2D eigenvalue weighted by molar-refractivity contribution is 5.79. The maximum Gasteiger partial charge on any atom is 0.191 e. The molecule has 134 valence electrons. The van der Waals surface area contributed by atoms with Crippen LogP contribution in [0.2, 0.25) is 0 Å². The summed E-state index contributed by atoms with van der Waals surface area (Å²) in [5.41, 5.74) is 2.53. The van der Waals surface area contributed by atoms with Crippen molar-refractivity contribution in [2.45, 2.75) is 33.4 Å². The molecule has 1 saturated heterocycles. The van der Waals surface area contributed by atoms with Gasteiger partial charge in [0.25, 0.3) is 0 Å². The molecule has 0 aliphatic carbocycles. The number of guanidine groups is 1. The first-order valence-corrected chi connectivity index (χ1v) is 9.08. The first kappa shape index (κ1) is 18.7. The van der Waals surface area contributed by atoms with Crippen molar-refractivity contribution in [1.29, 1.82) is 0 Å². The lowest BCUT2D eigenvalue weighted by atomic mass is 10.1. The summed E-state index contributed by atoms with van der Waals surface area (Å²) >= 11 is 0. The van der Waals surface area contributed by atoms with Crippen molar-refractivity contribution in [3.63, 3.8) is 0 Å². The molecular formula is C19H33N5. The molecule has 0 amide bonds. The number of nitrogens with zero attached hydrogens (tertiary/aromatic N) is 3. The van der Waals surface area contributed by atoms with Gasteiger partial charge in [-0.05, 0) is 33.4 Å². The van der Waals surface area contributed by atoms with Gasteiger partial charge in [-0.15, -0.1) is 0 Å². The van der Waals surface area contributed by atoms with Gasteiger partial charge in [-0.1, -0.05) is 29.8 Å². The summed E-state index contributed by atoms with van der Waals surface area (Å²) in [5, 5.41) is 6.84. The summed E-state index contributed by atoms with van der Waals surface area (Å²) in [5.74, 6) is 0.903. The van der Waals surface area contributed by atoms with E-state index in [9.17, 15) is 0 Å². The number of nitrogens with one attached hydrogen (secondary N) is 2. The quantitative estimate of drug-likeness (QED) is 0.615. The second kappa shape index (κ2) is 9.64. The number of aliphatic imine (C=N–C) groups is 1. The molecule has 1 aromatic carbocycles. The molecule has 1 fully saturated rings. The topological polar surface area (TPSA) is 42.9 Å². The molecule has 0 aromatic heterocycles. The van der Waals surface area contributed by atoms with Crippen molar-refractivity contribution in [2.24, 2.45) is 4.99 Å². The van der Waals surface area contributed by atoms with Crippen LogP contribution in [-0.4, -0.2) is 68.1 Å². The third kappa shape index (κ3) is 6.13. The molecule has 1 atom stereocenters. The molecule has 0 spiro atoms. The Balaban J connectivity index is 1.84. The Morgan fingerprint density at radius 1 is 1.21 bits per heavy atom. The van der Waals surface area contributed by atoms with Gasteiger partial charge in [-0.25, -0.2) is 4.99 Å². The van der Waals surface area contributed by atoms with Crippen LogP contribution < -0.4 is 10.6 Å². The van der Waals surface area contributed by atoms with Gasteiger partial charge in [0.1, 0.15) is 0 Å². The Bertz CT molecular complexity index is 520. The molecule has 24 heavy (non-hydrogen) atoms. The largest absolute Gasteiger partial charge is 0.357 e. The van der Waals surface area contributed by atoms with Crippen LogP contribution in [0.1, 0.15) is 25.0 Å². The third-order valence-electron chi connectivity index (χ3n) is 4.57. The lowest BCUT2D eigenvalue weighted by Crippen LogP contribution is -2.52. The number of benzene rings is 1. The average Bonchev–Trinajstić information content (AvgIpc) is 2.58. The summed E-state index contributed by atoms with van der Waals surface area (Å²) in [4.78, 5) is 9.67. The van der Waals surface area contributed by atoms with Gasteiger partial charge in [0.15, 0.2) is 5.96 Å². The molecule has 2 rings (SSSR count). The highest BCUT2D eigenvalue weighted by Crippen LogP contribution is 2.06. The van der Waals surface area contributed by atoms with Crippen molar-refractivity contribution >= 4 is 5.96 Å². The van der Waals surface area contributed by atoms with Crippen LogP contribution >= 0.6 is 0 Å². The van der Waals surface area contributed by atoms with E-state index in [1.165, 1.54) is 11.1 Å². The normalized spacial score (nSPS) is 18.4. The van der Waals surface area contributed by atoms with E-state index in [4.69, 9.17) is 4.99 Å². The number of hydrogen-bond donors (Lipinski definition) is 2. The molecule has 0 saturated carbocycles. The number of likely N-dealkylation sites (N-methyl/N-ethyl adjacent to an activating group) is 1. The lowest BCUT2D eigenvalue weighted by molar-refractivity contribution is 0.120. The van der Waals surface area contributed by atoms with Crippen molar-refractivity contribution < 1.29 is 0 Å². The molecule has 5 heteroatoms. The molecule has 0 bridgehead atoms. The fourth-order valence-corrected chi connectivity index (χ4v) is 2.96. The van der Waals surface area contributed by atoms with E-state index in [1.807, 2.05) is 0 Å². The van der Waals surface area contributed by atoms with Crippen molar-refractivity contribution in [3.8, 4) is 0 Å². The monoisotopic (exact) mass is 331 g/mol. The Morgan fingerprint density at radius 2 is 1.96 bits per heavy atom. The minimum Gasteiger partial charge on any atom is -0.357 e. The Hall–Kier alpha value is -1.59. The van der Waals surface area contributed by atoms with Crippen LogP contribution in [0.5, 0.6) is 0 Å². The van der Waals surface area contributed by atoms with E-state index in [-0.39, 0.29) is 0 Å². The standard InChI is InChI=1S/C19H33N5/c1-5-20-19(22-15-18-8-6-7-16(2)13-18)21-14-17(3)24-11-9-23(4)10-12-24/h6-8,13,17H,5,9-12,14-15H2,1-4H3,(H2,20,21,22). The molecule has 1 heterocycles. The predicted octanol–water partition coefficient (Wildman–Crippen LogP) is 1.69.